The molecule has 126 valence electrons. The maximum absolute atomic E-state index is 12.0. The second kappa shape index (κ2) is 10.7. The highest BCUT2D eigenvalue weighted by Crippen LogP contribution is 2.20. The number of benzene rings is 1. The number of carboxylic acids is 1. The van der Waals surface area contributed by atoms with Crippen LogP contribution in [0.3, 0.4) is 0 Å². The Morgan fingerprint density at radius 2 is 1.48 bits per heavy atom. The van der Waals surface area contributed by atoms with Gasteiger partial charge >= 0.3 is 5.97 Å². The van der Waals surface area contributed by atoms with E-state index in [1.54, 1.807) is 24.3 Å². The third kappa shape index (κ3) is 7.74. The first-order valence-electron chi connectivity index (χ1n) is 7.68. The molecule has 1 amide bonds. The summed E-state index contributed by atoms with van der Waals surface area (Å²) in [5.41, 5.74) is 0.406. The van der Waals surface area contributed by atoms with E-state index in [1.165, 1.54) is 0 Å². The van der Waals surface area contributed by atoms with Crippen LogP contribution in [0.5, 0.6) is 0 Å². The second-order valence-electron chi connectivity index (χ2n) is 5.28. The summed E-state index contributed by atoms with van der Waals surface area (Å²) in [6.07, 6.45) is 5.48. The van der Waals surface area contributed by atoms with Gasteiger partial charge in [-0.3, -0.25) is 9.59 Å². The summed E-state index contributed by atoms with van der Waals surface area (Å²) < 4.78 is 0. The van der Waals surface area contributed by atoms with E-state index in [0.717, 1.165) is 30.7 Å². The van der Waals surface area contributed by atoms with Crippen LogP contribution in [-0.4, -0.2) is 17.0 Å². The number of aliphatic carboxylic acids is 1. The van der Waals surface area contributed by atoms with Gasteiger partial charge in [0.05, 0.1) is 11.0 Å². The van der Waals surface area contributed by atoms with E-state index in [-0.39, 0.29) is 18.7 Å². The normalized spacial score (nSPS) is 10.3. The maximum Gasteiger partial charge on any atom is 0.303 e. The molecule has 1 aromatic rings. The van der Waals surface area contributed by atoms with Gasteiger partial charge in [0.25, 0.3) is 0 Å². The number of rotatable bonds is 11. The molecule has 6 nitrogen and oxygen atoms in total. The average molecular weight is 341 g/mol. The number of carboxylic acid groups (broad SMARTS) is 1. The van der Waals surface area contributed by atoms with E-state index >= 15 is 0 Å². The van der Waals surface area contributed by atoms with Crippen LogP contribution in [0.2, 0.25) is 5.02 Å². The van der Waals surface area contributed by atoms with E-state index in [1.807, 2.05) is 0 Å². The Labute approximate surface area is 140 Å². The van der Waals surface area contributed by atoms with E-state index in [9.17, 15) is 14.5 Å². The van der Waals surface area contributed by atoms with Gasteiger partial charge in [0.1, 0.15) is 0 Å². The average Bonchev–Trinajstić information content (AvgIpc) is 2.52. The topological polar surface area (TPSA) is 87.0 Å². The van der Waals surface area contributed by atoms with Crippen molar-refractivity contribution in [2.45, 2.75) is 51.4 Å². The monoisotopic (exact) mass is 340 g/mol. The number of hydrogen-bond donors (Lipinski definition) is 1. The SMILES string of the molecule is O=NN(C(=O)CCCCCCCCC(=O)O)c1ccc(Cl)cc1. The van der Waals surface area contributed by atoms with Crippen LogP contribution in [0.15, 0.2) is 29.6 Å². The number of nitrogens with zero attached hydrogens (tertiary/aromatic N) is 2. The number of unbranched alkanes of at least 4 members (excludes halogenated alkanes) is 5. The van der Waals surface area contributed by atoms with Gasteiger partial charge in [-0.1, -0.05) is 37.3 Å². The molecule has 7 heteroatoms. The summed E-state index contributed by atoms with van der Waals surface area (Å²) in [5.74, 6) is -1.10. The van der Waals surface area contributed by atoms with Crippen molar-refractivity contribution in [3.05, 3.63) is 34.2 Å². The molecule has 0 aromatic heterocycles. The third-order valence-corrected chi connectivity index (χ3v) is 3.67. The van der Waals surface area contributed by atoms with Gasteiger partial charge in [0.2, 0.25) is 5.91 Å². The Kier molecular flexibility index (Phi) is 8.90. The highest BCUT2D eigenvalue weighted by molar-refractivity contribution is 6.30. The fraction of sp³-hybridized carbons (Fsp3) is 0.500. The Bertz CT molecular complexity index is 519. The Morgan fingerprint density at radius 3 is 2.00 bits per heavy atom. The van der Waals surface area contributed by atoms with Crippen LogP contribution in [-0.2, 0) is 9.59 Å². The molecule has 0 unspecified atom stereocenters. The number of halogens is 1. The molecule has 0 aliphatic carbocycles. The molecule has 0 spiro atoms. The van der Waals surface area contributed by atoms with Crippen molar-refractivity contribution in [1.29, 1.82) is 0 Å². The molecule has 0 bridgehead atoms. The molecule has 0 aliphatic heterocycles. The van der Waals surface area contributed by atoms with Crippen molar-refractivity contribution in [3.63, 3.8) is 0 Å². The standard InChI is InChI=1S/C16H21ClN2O4/c17-13-9-11-14(12-10-13)19(18-23)15(20)7-5-3-1-2-4-6-8-16(21)22/h9-12H,1-8H2,(H,21,22). The van der Waals surface area contributed by atoms with Crippen LogP contribution in [0.1, 0.15) is 51.4 Å². The number of carbonyl (C=O) groups is 2. The molecule has 1 rings (SSSR count). The first-order chi connectivity index (χ1) is 11.0. The molecule has 0 aliphatic rings. The van der Waals surface area contributed by atoms with Gasteiger partial charge in [-0.15, -0.1) is 4.91 Å². The number of amides is 1. The summed E-state index contributed by atoms with van der Waals surface area (Å²) in [6, 6.07) is 6.34. The van der Waals surface area contributed by atoms with Crippen molar-refractivity contribution in [2.75, 3.05) is 5.01 Å². The molecule has 23 heavy (non-hydrogen) atoms. The smallest absolute Gasteiger partial charge is 0.303 e. The molecular weight excluding hydrogens is 320 g/mol. The van der Waals surface area contributed by atoms with Gasteiger partial charge in [0.15, 0.2) is 0 Å². The number of nitroso groups, excluding NO2 is 1. The molecule has 0 saturated carbocycles. The first-order valence-corrected chi connectivity index (χ1v) is 8.06. The van der Waals surface area contributed by atoms with E-state index in [0.29, 0.717) is 23.6 Å². The van der Waals surface area contributed by atoms with Crippen molar-refractivity contribution in [1.82, 2.24) is 0 Å². The highest BCUT2D eigenvalue weighted by atomic mass is 35.5. The summed E-state index contributed by atoms with van der Waals surface area (Å²) >= 11 is 5.77. The molecule has 1 N–H and O–H groups in total. The third-order valence-electron chi connectivity index (χ3n) is 3.42. The zero-order valence-corrected chi connectivity index (χ0v) is 13.7. The predicted molar refractivity (Wildman–Crippen MR) is 89.3 cm³/mol. The quantitative estimate of drug-likeness (QED) is 0.363. The van der Waals surface area contributed by atoms with Crippen LogP contribution in [0.4, 0.5) is 5.69 Å². The lowest BCUT2D eigenvalue weighted by molar-refractivity contribution is -0.137. The van der Waals surface area contributed by atoms with Crippen LogP contribution in [0.25, 0.3) is 0 Å². The lowest BCUT2D eigenvalue weighted by Crippen LogP contribution is -2.24. The lowest BCUT2D eigenvalue weighted by atomic mass is 10.1. The van der Waals surface area contributed by atoms with Gasteiger partial charge < -0.3 is 5.11 Å². The molecule has 0 saturated heterocycles. The summed E-state index contributed by atoms with van der Waals surface area (Å²) in [7, 11) is 0. The Hall–Kier alpha value is -1.95. The second-order valence-corrected chi connectivity index (χ2v) is 5.72. The fourth-order valence-electron chi connectivity index (χ4n) is 2.18. The summed E-state index contributed by atoms with van der Waals surface area (Å²) in [5, 5.41) is 12.7. The minimum atomic E-state index is -0.765. The van der Waals surface area contributed by atoms with E-state index in [2.05, 4.69) is 5.29 Å². The van der Waals surface area contributed by atoms with Crippen LogP contribution >= 0.6 is 11.6 Å². The number of hydrogen-bond acceptors (Lipinski definition) is 4. The molecule has 0 radical (unpaired) electrons. The largest absolute Gasteiger partial charge is 0.481 e. The highest BCUT2D eigenvalue weighted by Gasteiger charge is 2.15. The zero-order chi connectivity index (χ0) is 17.1. The molecule has 0 heterocycles. The minimum Gasteiger partial charge on any atom is -0.481 e. The van der Waals surface area contributed by atoms with Gasteiger partial charge in [-0.2, -0.15) is 5.01 Å². The van der Waals surface area contributed by atoms with Gasteiger partial charge in [-0.25, -0.2) is 0 Å². The lowest BCUT2D eigenvalue weighted by Gasteiger charge is -2.13. The minimum absolute atomic E-state index is 0.208. The van der Waals surface area contributed by atoms with E-state index in [4.69, 9.17) is 16.7 Å². The Morgan fingerprint density at radius 1 is 0.957 bits per heavy atom. The number of carbonyl (C=O) groups excluding carboxylic acids is 1. The molecular formula is C16H21ClN2O4. The summed E-state index contributed by atoms with van der Waals surface area (Å²) in [6.45, 7) is 0. The molecule has 1 aromatic carbocycles. The first kappa shape index (κ1) is 19.1. The van der Waals surface area contributed by atoms with Crippen molar-refractivity contribution in [3.8, 4) is 0 Å². The van der Waals surface area contributed by atoms with E-state index < -0.39 is 5.97 Å². The van der Waals surface area contributed by atoms with Crippen LogP contribution < -0.4 is 5.01 Å². The summed E-state index contributed by atoms with van der Waals surface area (Å²) in [4.78, 5) is 33.2. The van der Waals surface area contributed by atoms with Crippen molar-refractivity contribution in [2.24, 2.45) is 5.29 Å². The number of anilines is 1. The Balaban J connectivity index is 2.23. The van der Waals surface area contributed by atoms with Gasteiger partial charge in [0, 0.05) is 17.9 Å². The maximum atomic E-state index is 12.0. The fourth-order valence-corrected chi connectivity index (χ4v) is 2.31. The zero-order valence-electron chi connectivity index (χ0n) is 12.9. The predicted octanol–water partition coefficient (Wildman–Crippen LogP) is 4.56. The van der Waals surface area contributed by atoms with Crippen molar-refractivity contribution < 1.29 is 14.7 Å². The van der Waals surface area contributed by atoms with Gasteiger partial charge in [-0.05, 0) is 37.1 Å². The van der Waals surface area contributed by atoms with Crippen LogP contribution in [0, 0.1) is 4.91 Å². The molecule has 0 fully saturated rings. The van der Waals surface area contributed by atoms with Crippen molar-refractivity contribution >= 4 is 29.2 Å². The molecule has 0 atom stereocenters.